The summed E-state index contributed by atoms with van der Waals surface area (Å²) in [5.74, 6) is -3.04. The molecule has 2 atom stereocenters. The SMILES string of the molecule is COc1ccc(CN2CC[C@H](O)[C@@H](N3CCC(C(=O)c4ccc(F)cc4)CC3)C2)cc1.O=C(O)C(=O)O. The van der Waals surface area contributed by atoms with Gasteiger partial charge >= 0.3 is 11.9 Å². The highest BCUT2D eigenvalue weighted by Crippen LogP contribution is 2.27. The highest BCUT2D eigenvalue weighted by atomic mass is 19.1. The van der Waals surface area contributed by atoms with Gasteiger partial charge in [0, 0.05) is 37.2 Å². The molecule has 3 N–H and O–H groups in total. The van der Waals surface area contributed by atoms with Gasteiger partial charge in [0.1, 0.15) is 11.6 Å². The van der Waals surface area contributed by atoms with Crippen LogP contribution in [0.2, 0.25) is 0 Å². The molecule has 10 heteroatoms. The number of Topliss-reactive ketones (excluding diaryl/α,β-unsaturated/α-hetero) is 1. The van der Waals surface area contributed by atoms with Crippen LogP contribution in [0.5, 0.6) is 5.75 Å². The van der Waals surface area contributed by atoms with Crippen molar-refractivity contribution in [3.05, 3.63) is 65.5 Å². The average molecular weight is 517 g/mol. The van der Waals surface area contributed by atoms with Gasteiger partial charge in [-0.3, -0.25) is 14.6 Å². The van der Waals surface area contributed by atoms with Gasteiger partial charge in [0.25, 0.3) is 0 Å². The summed E-state index contributed by atoms with van der Waals surface area (Å²) in [6, 6.07) is 14.1. The van der Waals surface area contributed by atoms with E-state index in [1.54, 1.807) is 19.2 Å². The molecule has 2 fully saturated rings. The number of halogens is 1. The first kappa shape index (κ1) is 28.2. The number of nitrogens with zero attached hydrogens (tertiary/aromatic N) is 2. The summed E-state index contributed by atoms with van der Waals surface area (Å²) >= 11 is 0. The predicted molar refractivity (Wildman–Crippen MR) is 133 cm³/mol. The van der Waals surface area contributed by atoms with E-state index in [1.807, 2.05) is 12.1 Å². The third-order valence-corrected chi connectivity index (χ3v) is 6.88. The minimum atomic E-state index is -1.82. The summed E-state index contributed by atoms with van der Waals surface area (Å²) in [6.45, 7) is 4.16. The van der Waals surface area contributed by atoms with E-state index < -0.39 is 11.9 Å². The van der Waals surface area contributed by atoms with Crippen molar-refractivity contribution >= 4 is 17.7 Å². The molecule has 200 valence electrons. The molecule has 2 aromatic rings. The molecule has 0 amide bonds. The fraction of sp³-hybridized carbons (Fsp3) is 0.444. The molecule has 0 spiro atoms. The molecule has 9 nitrogen and oxygen atoms in total. The maximum atomic E-state index is 13.1. The van der Waals surface area contributed by atoms with Crippen LogP contribution in [0.4, 0.5) is 4.39 Å². The quantitative estimate of drug-likeness (QED) is 0.392. The van der Waals surface area contributed by atoms with Crippen molar-refractivity contribution in [2.24, 2.45) is 5.92 Å². The molecule has 0 aromatic heterocycles. The number of carboxylic acids is 2. The van der Waals surface area contributed by atoms with Gasteiger partial charge in [-0.1, -0.05) is 12.1 Å². The lowest BCUT2D eigenvalue weighted by molar-refractivity contribution is -0.159. The number of benzene rings is 2. The Morgan fingerprint density at radius 2 is 1.51 bits per heavy atom. The van der Waals surface area contributed by atoms with Crippen LogP contribution in [0.1, 0.15) is 35.2 Å². The summed E-state index contributed by atoms with van der Waals surface area (Å²) < 4.78 is 18.4. The number of piperidine rings is 2. The van der Waals surface area contributed by atoms with E-state index in [1.165, 1.54) is 17.7 Å². The van der Waals surface area contributed by atoms with Gasteiger partial charge < -0.3 is 20.1 Å². The number of aliphatic hydroxyl groups is 1. The molecule has 0 aliphatic carbocycles. The molecular formula is C27H33FN2O7. The van der Waals surface area contributed by atoms with E-state index in [2.05, 4.69) is 21.9 Å². The molecule has 2 aromatic carbocycles. The first-order valence-corrected chi connectivity index (χ1v) is 12.2. The lowest BCUT2D eigenvalue weighted by atomic mass is 9.87. The molecule has 2 saturated heterocycles. The lowest BCUT2D eigenvalue weighted by Crippen LogP contribution is -2.56. The highest BCUT2D eigenvalue weighted by Gasteiger charge is 2.35. The number of hydrogen-bond donors (Lipinski definition) is 3. The third kappa shape index (κ3) is 8.08. The van der Waals surface area contributed by atoms with Gasteiger partial charge in [-0.05, 0) is 74.3 Å². The largest absolute Gasteiger partial charge is 0.497 e. The second-order valence-electron chi connectivity index (χ2n) is 9.30. The Morgan fingerprint density at radius 3 is 2.05 bits per heavy atom. The van der Waals surface area contributed by atoms with Crippen molar-refractivity contribution in [3.63, 3.8) is 0 Å². The van der Waals surface area contributed by atoms with Crippen molar-refractivity contribution in [2.75, 3.05) is 33.3 Å². The summed E-state index contributed by atoms with van der Waals surface area (Å²) in [7, 11) is 1.67. The maximum absolute atomic E-state index is 13.1. The van der Waals surface area contributed by atoms with Crippen molar-refractivity contribution in [1.82, 2.24) is 9.80 Å². The van der Waals surface area contributed by atoms with Gasteiger partial charge in [-0.2, -0.15) is 0 Å². The standard InChI is InChI=1S/C25H31FN2O3.C2H2O4/c1-31-22-8-2-18(3-9-22)16-27-13-12-24(29)23(17-27)28-14-10-20(11-15-28)25(30)19-4-6-21(26)7-5-19;3-1(4)2(5)6/h2-9,20,23-24,29H,10-17H2,1H3;(H,3,4)(H,5,6)/t23-,24-;/m0./s1. The van der Waals surface area contributed by atoms with Gasteiger partial charge in [-0.25, -0.2) is 14.0 Å². The Kier molecular flexibility index (Phi) is 10.1. The Labute approximate surface area is 215 Å². The predicted octanol–water partition coefficient (Wildman–Crippen LogP) is 2.52. The third-order valence-electron chi connectivity index (χ3n) is 6.88. The fourth-order valence-electron chi connectivity index (χ4n) is 4.82. The van der Waals surface area contributed by atoms with E-state index in [0.29, 0.717) is 5.56 Å². The molecule has 2 heterocycles. The zero-order valence-corrected chi connectivity index (χ0v) is 20.8. The van der Waals surface area contributed by atoms with E-state index in [-0.39, 0.29) is 29.7 Å². The molecule has 4 rings (SSSR count). The molecular weight excluding hydrogens is 483 g/mol. The highest BCUT2D eigenvalue weighted by molar-refractivity contribution is 6.27. The summed E-state index contributed by atoms with van der Waals surface area (Å²) in [6.07, 6.45) is 1.97. The van der Waals surface area contributed by atoms with Crippen LogP contribution in [0.3, 0.4) is 0 Å². The van der Waals surface area contributed by atoms with Crippen LogP contribution in [-0.4, -0.2) is 88.3 Å². The Balaban J connectivity index is 0.000000568. The topological polar surface area (TPSA) is 128 Å². The average Bonchev–Trinajstić information content (AvgIpc) is 2.90. The van der Waals surface area contributed by atoms with E-state index in [4.69, 9.17) is 24.5 Å². The minimum absolute atomic E-state index is 0.0298. The number of rotatable bonds is 6. The summed E-state index contributed by atoms with van der Waals surface area (Å²) in [4.78, 5) is 35.7. The number of aliphatic carboxylic acids is 2. The number of methoxy groups -OCH3 is 1. The van der Waals surface area contributed by atoms with Crippen LogP contribution >= 0.6 is 0 Å². The number of carbonyl (C=O) groups is 3. The monoisotopic (exact) mass is 516 g/mol. The smallest absolute Gasteiger partial charge is 0.414 e. The zero-order valence-electron chi connectivity index (χ0n) is 20.8. The number of carbonyl (C=O) groups excluding carboxylic acids is 1. The second-order valence-corrected chi connectivity index (χ2v) is 9.30. The van der Waals surface area contributed by atoms with Crippen molar-refractivity contribution in [3.8, 4) is 5.75 Å². The summed E-state index contributed by atoms with van der Waals surface area (Å²) in [5, 5.41) is 25.4. The van der Waals surface area contributed by atoms with Gasteiger partial charge in [-0.15, -0.1) is 0 Å². The molecule has 0 bridgehead atoms. The number of ketones is 1. The molecule has 37 heavy (non-hydrogen) atoms. The molecule has 2 aliphatic rings. The van der Waals surface area contributed by atoms with Crippen molar-refractivity contribution < 1.29 is 38.8 Å². The second kappa shape index (κ2) is 13.3. The van der Waals surface area contributed by atoms with E-state index in [0.717, 1.165) is 57.7 Å². The molecule has 0 radical (unpaired) electrons. The van der Waals surface area contributed by atoms with E-state index in [9.17, 15) is 14.3 Å². The number of aliphatic hydroxyl groups excluding tert-OH is 1. The molecule has 0 unspecified atom stereocenters. The number of ether oxygens (including phenoxy) is 1. The lowest BCUT2D eigenvalue weighted by Gasteiger charge is -2.44. The molecule has 0 saturated carbocycles. The van der Waals surface area contributed by atoms with Crippen LogP contribution < -0.4 is 4.74 Å². The number of likely N-dealkylation sites (tertiary alicyclic amines) is 2. The van der Waals surface area contributed by atoms with E-state index >= 15 is 0 Å². The van der Waals surface area contributed by atoms with Crippen molar-refractivity contribution in [2.45, 2.75) is 38.0 Å². The number of carboxylic acid groups (broad SMARTS) is 2. The van der Waals surface area contributed by atoms with Crippen LogP contribution in [-0.2, 0) is 16.1 Å². The zero-order chi connectivity index (χ0) is 26.9. The summed E-state index contributed by atoms with van der Waals surface area (Å²) in [5.41, 5.74) is 1.82. The first-order chi connectivity index (χ1) is 17.7. The minimum Gasteiger partial charge on any atom is -0.497 e. The van der Waals surface area contributed by atoms with Gasteiger partial charge in [0.2, 0.25) is 0 Å². The Bertz CT molecular complexity index is 1040. The maximum Gasteiger partial charge on any atom is 0.414 e. The van der Waals surface area contributed by atoms with Crippen LogP contribution in [0.15, 0.2) is 48.5 Å². The van der Waals surface area contributed by atoms with Crippen LogP contribution in [0, 0.1) is 11.7 Å². The van der Waals surface area contributed by atoms with Crippen LogP contribution in [0.25, 0.3) is 0 Å². The Morgan fingerprint density at radius 1 is 0.919 bits per heavy atom. The van der Waals surface area contributed by atoms with Crippen molar-refractivity contribution in [1.29, 1.82) is 0 Å². The fourth-order valence-corrected chi connectivity index (χ4v) is 4.82. The number of hydrogen-bond acceptors (Lipinski definition) is 7. The van der Waals surface area contributed by atoms with Gasteiger partial charge in [0.15, 0.2) is 5.78 Å². The Hall–Kier alpha value is -3.34. The first-order valence-electron chi connectivity index (χ1n) is 12.2. The molecule has 2 aliphatic heterocycles. The van der Waals surface area contributed by atoms with Gasteiger partial charge in [0.05, 0.1) is 13.2 Å². The normalized spacial score (nSPS) is 20.9.